The number of fused-ring (bicyclic) bond motifs is 2. The minimum absolute atomic E-state index is 0.286. The van der Waals surface area contributed by atoms with E-state index in [9.17, 15) is 4.79 Å². The molecule has 0 radical (unpaired) electrons. The summed E-state index contributed by atoms with van der Waals surface area (Å²) in [6.07, 6.45) is 2.50. The predicted molar refractivity (Wildman–Crippen MR) is 138 cm³/mol. The number of carbonyl (C=O) groups is 1. The Morgan fingerprint density at radius 1 is 0.788 bits per heavy atom. The molecule has 0 aliphatic heterocycles. The second kappa shape index (κ2) is 8.02. The minimum atomic E-state index is 0.286. The Labute approximate surface area is 197 Å². The second-order valence-electron chi connectivity index (χ2n) is 10.1. The van der Waals surface area contributed by atoms with Crippen molar-refractivity contribution in [3.05, 3.63) is 87.7 Å². The number of hydrogen-bond acceptors (Lipinski definition) is 1. The number of nitrogens with zero attached hydrogens (tertiary/aromatic N) is 1. The van der Waals surface area contributed by atoms with Gasteiger partial charge in [-0.1, -0.05) is 50.2 Å². The molecular formula is C31H33NO. The average molecular weight is 436 g/mol. The first-order valence-electron chi connectivity index (χ1n) is 12.2. The van der Waals surface area contributed by atoms with Gasteiger partial charge in [0.2, 0.25) is 0 Å². The highest BCUT2D eigenvalue weighted by atomic mass is 16.1. The molecule has 1 heterocycles. The Morgan fingerprint density at radius 3 is 2.30 bits per heavy atom. The number of Topliss-reactive ketones (excluding diaryl/α,β-unsaturated/α-hetero) is 1. The van der Waals surface area contributed by atoms with E-state index < -0.39 is 0 Å². The largest absolute Gasteiger partial charge is 0.317 e. The molecule has 0 spiro atoms. The van der Waals surface area contributed by atoms with Gasteiger partial charge in [0.1, 0.15) is 0 Å². The summed E-state index contributed by atoms with van der Waals surface area (Å²) in [7, 11) is 0. The highest BCUT2D eigenvalue weighted by Gasteiger charge is 2.32. The van der Waals surface area contributed by atoms with Crippen LogP contribution in [0.1, 0.15) is 76.6 Å². The van der Waals surface area contributed by atoms with Crippen LogP contribution < -0.4 is 0 Å². The van der Waals surface area contributed by atoms with Crippen molar-refractivity contribution in [2.75, 3.05) is 0 Å². The van der Waals surface area contributed by atoms with Gasteiger partial charge in [0, 0.05) is 34.6 Å². The molecule has 168 valence electrons. The lowest BCUT2D eigenvalue weighted by molar-refractivity contribution is 0.0973. The molecule has 0 atom stereocenters. The van der Waals surface area contributed by atoms with Gasteiger partial charge in [-0.25, -0.2) is 0 Å². The standard InChI is InChI=1S/C31H33NO/c1-18(2)23-14-13-20(4)29-25(17-23)21(5)16-26(29)30-22(6)32(24-10-7-9-19(3)15-24)27-11-8-12-28(33)31(27)30/h7,9-10,13-18H,8,11-12H2,1-6H3. The zero-order valence-corrected chi connectivity index (χ0v) is 20.7. The van der Waals surface area contributed by atoms with Gasteiger partial charge < -0.3 is 4.57 Å². The van der Waals surface area contributed by atoms with Crippen LogP contribution in [-0.2, 0) is 6.42 Å². The molecule has 0 fully saturated rings. The summed E-state index contributed by atoms with van der Waals surface area (Å²) in [5.41, 5.74) is 14.5. The highest BCUT2D eigenvalue weighted by Crippen LogP contribution is 2.47. The van der Waals surface area contributed by atoms with Gasteiger partial charge in [-0.15, -0.1) is 0 Å². The van der Waals surface area contributed by atoms with E-state index in [2.05, 4.69) is 94.6 Å². The summed E-state index contributed by atoms with van der Waals surface area (Å²) in [6.45, 7) is 13.2. The average Bonchev–Trinajstić information content (AvgIpc) is 3.16. The number of aryl methyl sites for hydroxylation is 3. The van der Waals surface area contributed by atoms with Crippen LogP contribution in [0.25, 0.3) is 27.9 Å². The third kappa shape index (κ3) is 3.44. The Balaban J connectivity index is 1.84. The molecule has 33 heavy (non-hydrogen) atoms. The van der Waals surface area contributed by atoms with Gasteiger partial charge in [0.25, 0.3) is 0 Å². The number of ketones is 1. The zero-order chi connectivity index (χ0) is 23.4. The molecule has 0 saturated carbocycles. The van der Waals surface area contributed by atoms with Gasteiger partial charge in [-0.3, -0.25) is 4.79 Å². The molecule has 5 rings (SSSR count). The second-order valence-corrected chi connectivity index (χ2v) is 10.1. The van der Waals surface area contributed by atoms with E-state index >= 15 is 0 Å². The fraction of sp³-hybridized carbons (Fsp3) is 0.323. The summed E-state index contributed by atoms with van der Waals surface area (Å²) in [6, 6.07) is 17.8. The summed E-state index contributed by atoms with van der Waals surface area (Å²) >= 11 is 0. The number of aromatic nitrogens is 1. The van der Waals surface area contributed by atoms with E-state index in [4.69, 9.17) is 0 Å². The number of hydrogen-bond donors (Lipinski definition) is 0. The van der Waals surface area contributed by atoms with E-state index in [-0.39, 0.29) is 5.78 Å². The maximum absolute atomic E-state index is 13.4. The molecule has 1 aromatic carbocycles. The molecule has 3 aliphatic rings. The highest BCUT2D eigenvalue weighted by molar-refractivity contribution is 6.08. The van der Waals surface area contributed by atoms with Gasteiger partial charge >= 0.3 is 0 Å². The molecule has 0 unspecified atom stereocenters. The van der Waals surface area contributed by atoms with Crippen molar-refractivity contribution in [2.45, 2.75) is 66.7 Å². The summed E-state index contributed by atoms with van der Waals surface area (Å²) in [5, 5.41) is 0. The van der Waals surface area contributed by atoms with Crippen molar-refractivity contribution < 1.29 is 4.79 Å². The van der Waals surface area contributed by atoms with Crippen molar-refractivity contribution in [1.82, 2.24) is 4.57 Å². The summed E-state index contributed by atoms with van der Waals surface area (Å²) in [4.78, 5) is 13.4. The Hall–Kier alpha value is -3.13. The molecule has 0 amide bonds. The van der Waals surface area contributed by atoms with Crippen molar-refractivity contribution in [1.29, 1.82) is 0 Å². The number of rotatable bonds is 3. The minimum Gasteiger partial charge on any atom is -0.317 e. The molecule has 3 aliphatic carbocycles. The van der Waals surface area contributed by atoms with Crippen LogP contribution >= 0.6 is 0 Å². The van der Waals surface area contributed by atoms with E-state index in [0.29, 0.717) is 12.3 Å². The predicted octanol–water partition coefficient (Wildman–Crippen LogP) is 8.13. The first kappa shape index (κ1) is 21.7. The van der Waals surface area contributed by atoms with Gasteiger partial charge in [0.15, 0.2) is 5.78 Å². The van der Waals surface area contributed by atoms with Crippen LogP contribution in [0, 0.1) is 27.7 Å². The van der Waals surface area contributed by atoms with E-state index in [1.165, 1.54) is 50.3 Å². The molecule has 0 saturated heterocycles. The third-order valence-electron chi connectivity index (χ3n) is 7.35. The van der Waals surface area contributed by atoms with Crippen molar-refractivity contribution in [3.8, 4) is 27.9 Å². The number of benzene rings is 1. The lowest BCUT2D eigenvalue weighted by Gasteiger charge is -2.16. The van der Waals surface area contributed by atoms with Gasteiger partial charge in [-0.2, -0.15) is 0 Å². The van der Waals surface area contributed by atoms with Crippen molar-refractivity contribution in [2.24, 2.45) is 0 Å². The van der Waals surface area contributed by atoms with E-state index in [0.717, 1.165) is 29.7 Å². The maximum Gasteiger partial charge on any atom is 0.165 e. The Kier molecular flexibility index (Phi) is 5.28. The fourth-order valence-electron chi connectivity index (χ4n) is 5.67. The summed E-state index contributed by atoms with van der Waals surface area (Å²) in [5.74, 6) is 0.754. The van der Waals surface area contributed by atoms with Crippen LogP contribution in [0.15, 0.2) is 48.5 Å². The normalized spacial score (nSPS) is 13.7. The van der Waals surface area contributed by atoms with Crippen LogP contribution in [0.2, 0.25) is 0 Å². The molecular weight excluding hydrogens is 402 g/mol. The van der Waals surface area contributed by atoms with E-state index in [1.807, 2.05) is 0 Å². The van der Waals surface area contributed by atoms with Gasteiger partial charge in [-0.05, 0) is 97.5 Å². The molecule has 1 aromatic heterocycles. The van der Waals surface area contributed by atoms with Crippen molar-refractivity contribution in [3.63, 3.8) is 0 Å². The topological polar surface area (TPSA) is 22.0 Å². The molecule has 2 heteroatoms. The quantitative estimate of drug-likeness (QED) is 0.318. The zero-order valence-electron chi connectivity index (χ0n) is 20.7. The van der Waals surface area contributed by atoms with Crippen molar-refractivity contribution >= 4 is 5.78 Å². The van der Waals surface area contributed by atoms with Gasteiger partial charge in [0.05, 0.1) is 0 Å². The lowest BCUT2D eigenvalue weighted by atomic mass is 9.89. The molecule has 2 nitrogen and oxygen atoms in total. The molecule has 0 N–H and O–H groups in total. The first-order chi connectivity index (χ1) is 15.8. The SMILES string of the molecule is Cc1cccc(-n2c(C)c(-c3cc(C)c4cc(C(C)C)ccc(C)c3-4)c3c2CCCC3=O)c1. The lowest BCUT2D eigenvalue weighted by Crippen LogP contribution is -2.13. The van der Waals surface area contributed by atoms with E-state index in [1.54, 1.807) is 0 Å². The Bertz CT molecular complexity index is 1370. The third-order valence-corrected chi connectivity index (χ3v) is 7.35. The summed E-state index contributed by atoms with van der Waals surface area (Å²) < 4.78 is 2.35. The fourth-order valence-corrected chi connectivity index (χ4v) is 5.67. The smallest absolute Gasteiger partial charge is 0.165 e. The molecule has 0 bridgehead atoms. The first-order valence-corrected chi connectivity index (χ1v) is 12.2. The van der Waals surface area contributed by atoms with Crippen LogP contribution in [-0.4, -0.2) is 10.4 Å². The number of carbonyl (C=O) groups excluding carboxylic acids is 1. The Morgan fingerprint density at radius 2 is 1.58 bits per heavy atom. The maximum atomic E-state index is 13.4. The molecule has 2 aromatic rings. The van der Waals surface area contributed by atoms with Crippen LogP contribution in [0.3, 0.4) is 0 Å². The van der Waals surface area contributed by atoms with Crippen LogP contribution in [0.5, 0.6) is 0 Å². The van der Waals surface area contributed by atoms with Crippen LogP contribution in [0.4, 0.5) is 0 Å². The monoisotopic (exact) mass is 435 g/mol.